The molecule has 1 atom stereocenters. The Kier molecular flexibility index (Phi) is 7.14. The molecule has 1 aliphatic heterocycles. The summed E-state index contributed by atoms with van der Waals surface area (Å²) < 4.78 is 7.48. The largest absolute Gasteiger partial charge is 0.507 e. The monoisotopic (exact) mass is 490 g/mol. The summed E-state index contributed by atoms with van der Waals surface area (Å²) >= 11 is 0. The number of benzene rings is 2. The van der Waals surface area contributed by atoms with E-state index >= 15 is 0 Å². The first-order valence-electron chi connectivity index (χ1n) is 11.5. The minimum absolute atomic E-state index is 0.0361. The number of non-ortho nitro benzene ring substituents is 1. The van der Waals surface area contributed by atoms with Crippen molar-refractivity contribution in [2.75, 3.05) is 6.54 Å². The summed E-state index contributed by atoms with van der Waals surface area (Å²) in [6, 6.07) is 11.3. The van der Waals surface area contributed by atoms with Crippen molar-refractivity contribution in [3.05, 3.63) is 94.1 Å². The van der Waals surface area contributed by atoms with Gasteiger partial charge in [0.05, 0.1) is 29.0 Å². The molecule has 4 rings (SSSR count). The van der Waals surface area contributed by atoms with Crippen LogP contribution in [0.2, 0.25) is 0 Å². The van der Waals surface area contributed by atoms with Crippen LogP contribution in [0.1, 0.15) is 37.4 Å². The maximum Gasteiger partial charge on any atom is 0.295 e. The summed E-state index contributed by atoms with van der Waals surface area (Å²) in [4.78, 5) is 42.5. The molecule has 1 aliphatic rings. The number of aryl methyl sites for hydroxylation is 1. The van der Waals surface area contributed by atoms with Gasteiger partial charge in [-0.15, -0.1) is 0 Å². The number of ketones is 1. The fourth-order valence-corrected chi connectivity index (χ4v) is 4.23. The van der Waals surface area contributed by atoms with Crippen molar-refractivity contribution in [1.29, 1.82) is 0 Å². The minimum atomic E-state index is -0.973. The Bertz CT molecular complexity index is 1300. The summed E-state index contributed by atoms with van der Waals surface area (Å²) in [5, 5.41) is 22.6. The fourth-order valence-electron chi connectivity index (χ4n) is 4.23. The van der Waals surface area contributed by atoms with Gasteiger partial charge in [0.15, 0.2) is 0 Å². The molecular weight excluding hydrogens is 464 g/mol. The molecule has 1 saturated heterocycles. The lowest BCUT2D eigenvalue weighted by molar-refractivity contribution is -0.384. The van der Waals surface area contributed by atoms with Crippen molar-refractivity contribution in [3.63, 3.8) is 0 Å². The van der Waals surface area contributed by atoms with Crippen molar-refractivity contribution < 1.29 is 24.4 Å². The normalized spacial score (nSPS) is 17.1. The molecule has 0 aliphatic carbocycles. The fraction of sp³-hybridized carbons (Fsp3) is 0.269. The zero-order valence-electron chi connectivity index (χ0n) is 19.9. The van der Waals surface area contributed by atoms with Crippen LogP contribution in [0.5, 0.6) is 5.75 Å². The topological polar surface area (TPSA) is 128 Å². The van der Waals surface area contributed by atoms with Gasteiger partial charge in [0.2, 0.25) is 0 Å². The second-order valence-electron chi connectivity index (χ2n) is 8.69. The molecule has 0 spiro atoms. The van der Waals surface area contributed by atoms with Crippen molar-refractivity contribution in [2.24, 2.45) is 0 Å². The molecule has 10 heteroatoms. The Morgan fingerprint density at radius 2 is 1.92 bits per heavy atom. The number of rotatable bonds is 9. The number of ether oxygens (including phenoxy) is 1. The Morgan fingerprint density at radius 3 is 2.56 bits per heavy atom. The Hall–Kier alpha value is -4.47. The van der Waals surface area contributed by atoms with Gasteiger partial charge >= 0.3 is 0 Å². The van der Waals surface area contributed by atoms with E-state index < -0.39 is 22.7 Å². The molecule has 0 radical (unpaired) electrons. The molecule has 1 N–H and O–H groups in total. The third-order valence-electron chi connectivity index (χ3n) is 5.81. The lowest BCUT2D eigenvalue weighted by Gasteiger charge is -2.25. The number of hydrogen-bond donors (Lipinski definition) is 1. The highest BCUT2D eigenvalue weighted by atomic mass is 16.6. The third kappa shape index (κ3) is 5.12. The van der Waals surface area contributed by atoms with E-state index in [2.05, 4.69) is 4.98 Å². The van der Waals surface area contributed by atoms with Crippen LogP contribution in [0.4, 0.5) is 5.69 Å². The average Bonchev–Trinajstić information content (AvgIpc) is 3.46. The standard InChI is InChI=1S/C26H26N4O6/c1-17(2)36-21-9-7-18(8-10-21)24(31)22-23(19-5-3-6-20(15-19)30(34)35)29(26(33)25(22)32)13-4-12-28-14-11-27-16-28/h3,5-11,14-17,23,31H,4,12-13H2,1-2H3. The molecule has 0 bridgehead atoms. The summed E-state index contributed by atoms with van der Waals surface area (Å²) in [6.45, 7) is 4.54. The molecule has 1 fully saturated rings. The predicted molar refractivity (Wildman–Crippen MR) is 131 cm³/mol. The Balaban J connectivity index is 1.73. The Morgan fingerprint density at radius 1 is 1.17 bits per heavy atom. The molecule has 2 aromatic carbocycles. The number of nitrogens with zero attached hydrogens (tertiary/aromatic N) is 4. The summed E-state index contributed by atoms with van der Waals surface area (Å²) in [7, 11) is 0. The smallest absolute Gasteiger partial charge is 0.295 e. The number of likely N-dealkylation sites (tertiary alicyclic amines) is 1. The maximum atomic E-state index is 13.2. The van der Waals surface area contributed by atoms with Crippen LogP contribution >= 0.6 is 0 Å². The SMILES string of the molecule is CC(C)Oc1ccc(C(O)=C2C(=O)C(=O)N(CCCn3ccnc3)C2c2cccc([N+](=O)[O-])c2)cc1. The van der Waals surface area contributed by atoms with E-state index in [1.807, 2.05) is 18.4 Å². The number of hydrogen-bond acceptors (Lipinski definition) is 7. The molecule has 1 unspecified atom stereocenters. The molecular formula is C26H26N4O6. The van der Waals surface area contributed by atoms with Crippen LogP contribution < -0.4 is 4.74 Å². The number of Topliss-reactive ketones (excluding diaryl/α,β-unsaturated/α-hetero) is 1. The number of carbonyl (C=O) groups excluding carboxylic acids is 2. The van der Waals surface area contributed by atoms with Gasteiger partial charge in [-0.05, 0) is 50.1 Å². The predicted octanol–water partition coefficient (Wildman–Crippen LogP) is 4.09. The van der Waals surface area contributed by atoms with Crippen molar-refractivity contribution in [3.8, 4) is 5.75 Å². The second kappa shape index (κ2) is 10.4. The molecule has 1 amide bonds. The third-order valence-corrected chi connectivity index (χ3v) is 5.81. The lowest BCUT2D eigenvalue weighted by atomic mass is 9.95. The highest BCUT2D eigenvalue weighted by molar-refractivity contribution is 6.46. The molecule has 3 aromatic rings. The van der Waals surface area contributed by atoms with Gasteiger partial charge in [0, 0.05) is 43.2 Å². The van der Waals surface area contributed by atoms with Crippen LogP contribution in [0.3, 0.4) is 0 Å². The quantitative estimate of drug-likeness (QED) is 0.157. The highest BCUT2D eigenvalue weighted by Gasteiger charge is 2.46. The number of aliphatic hydroxyl groups excluding tert-OH is 1. The summed E-state index contributed by atoms with van der Waals surface area (Å²) in [5.74, 6) is -1.36. The van der Waals surface area contributed by atoms with Crippen molar-refractivity contribution in [2.45, 2.75) is 39.0 Å². The maximum absolute atomic E-state index is 13.2. The number of aliphatic hydroxyl groups is 1. The molecule has 2 heterocycles. The van der Waals surface area contributed by atoms with E-state index in [4.69, 9.17) is 4.74 Å². The van der Waals surface area contributed by atoms with Crippen molar-refractivity contribution in [1.82, 2.24) is 14.5 Å². The zero-order valence-corrected chi connectivity index (χ0v) is 19.9. The molecule has 1 aromatic heterocycles. The number of aromatic nitrogens is 2. The first kappa shape index (κ1) is 24.6. The van der Waals surface area contributed by atoms with Crippen LogP contribution in [0, 0.1) is 10.1 Å². The van der Waals surface area contributed by atoms with Gasteiger partial charge < -0.3 is 19.3 Å². The van der Waals surface area contributed by atoms with Crippen LogP contribution in [0.15, 0.2) is 72.8 Å². The van der Waals surface area contributed by atoms with Gasteiger partial charge in [0.25, 0.3) is 17.4 Å². The molecule has 186 valence electrons. The van der Waals surface area contributed by atoms with Crippen LogP contribution in [-0.4, -0.2) is 48.8 Å². The average molecular weight is 491 g/mol. The first-order chi connectivity index (χ1) is 17.3. The summed E-state index contributed by atoms with van der Waals surface area (Å²) in [6.07, 6.45) is 5.56. The van der Waals surface area contributed by atoms with E-state index in [0.29, 0.717) is 29.8 Å². The zero-order chi connectivity index (χ0) is 25.8. The van der Waals surface area contributed by atoms with Gasteiger partial charge in [-0.3, -0.25) is 19.7 Å². The number of imidazole rings is 1. The van der Waals surface area contributed by atoms with Gasteiger partial charge in [0.1, 0.15) is 11.5 Å². The number of nitro groups is 1. The molecule has 10 nitrogen and oxygen atoms in total. The summed E-state index contributed by atoms with van der Waals surface area (Å²) in [5.41, 5.74) is 0.414. The van der Waals surface area contributed by atoms with Crippen LogP contribution in [0.25, 0.3) is 5.76 Å². The van der Waals surface area contributed by atoms with E-state index in [9.17, 15) is 24.8 Å². The van der Waals surface area contributed by atoms with Gasteiger partial charge in [-0.2, -0.15) is 0 Å². The van der Waals surface area contributed by atoms with Crippen LogP contribution in [-0.2, 0) is 16.1 Å². The van der Waals surface area contributed by atoms with E-state index in [1.54, 1.807) is 49.1 Å². The highest BCUT2D eigenvalue weighted by Crippen LogP contribution is 2.40. The Labute approximate surface area is 207 Å². The van der Waals surface area contributed by atoms with Gasteiger partial charge in [-0.1, -0.05) is 12.1 Å². The second-order valence-corrected chi connectivity index (χ2v) is 8.69. The minimum Gasteiger partial charge on any atom is -0.507 e. The molecule has 0 saturated carbocycles. The number of nitro benzene ring substituents is 1. The van der Waals surface area contributed by atoms with E-state index in [1.165, 1.54) is 23.1 Å². The first-order valence-corrected chi connectivity index (χ1v) is 11.5. The van der Waals surface area contributed by atoms with Crippen molar-refractivity contribution >= 4 is 23.1 Å². The van der Waals surface area contributed by atoms with Gasteiger partial charge in [-0.25, -0.2) is 4.98 Å². The van der Waals surface area contributed by atoms with E-state index in [-0.39, 0.29) is 29.7 Å². The lowest BCUT2D eigenvalue weighted by Crippen LogP contribution is -2.31. The molecule has 36 heavy (non-hydrogen) atoms. The number of amides is 1. The number of carbonyl (C=O) groups is 2. The van der Waals surface area contributed by atoms with E-state index in [0.717, 1.165) is 0 Å².